The van der Waals surface area contributed by atoms with Crippen molar-refractivity contribution < 1.29 is 14.3 Å². The molecule has 2 amide bonds. The van der Waals surface area contributed by atoms with Gasteiger partial charge in [-0.05, 0) is 37.1 Å². The number of para-hydroxylation sites is 2. The van der Waals surface area contributed by atoms with E-state index in [-0.39, 0.29) is 11.8 Å². The smallest absolute Gasteiger partial charge is 0.265 e. The molecule has 0 saturated carbocycles. The van der Waals surface area contributed by atoms with Crippen LogP contribution in [0.3, 0.4) is 0 Å². The molecule has 0 spiro atoms. The van der Waals surface area contributed by atoms with Gasteiger partial charge in [-0.1, -0.05) is 49.7 Å². The summed E-state index contributed by atoms with van der Waals surface area (Å²) in [6.45, 7) is 6.22. The number of amides is 2. The lowest BCUT2D eigenvalue weighted by molar-refractivity contribution is -0.122. The predicted molar refractivity (Wildman–Crippen MR) is 104 cm³/mol. The van der Waals surface area contributed by atoms with E-state index in [1.54, 1.807) is 55.5 Å². The third kappa shape index (κ3) is 5.49. The molecule has 0 unspecified atom stereocenters. The molecule has 6 heteroatoms. The van der Waals surface area contributed by atoms with Crippen molar-refractivity contribution >= 4 is 29.1 Å². The SMILES string of the molecule is CC(C)CNC(=O)c1ccccc1NC(=O)[C@H](C)Oc1ccccc1Cl. The monoisotopic (exact) mass is 374 g/mol. The van der Waals surface area contributed by atoms with Crippen molar-refractivity contribution in [3.05, 3.63) is 59.1 Å². The van der Waals surface area contributed by atoms with Crippen molar-refractivity contribution in [2.24, 2.45) is 5.92 Å². The molecular weight excluding hydrogens is 352 g/mol. The first-order chi connectivity index (χ1) is 12.4. The Balaban J connectivity index is 2.06. The number of carbonyl (C=O) groups excluding carboxylic acids is 2. The van der Waals surface area contributed by atoms with Crippen molar-refractivity contribution in [3.63, 3.8) is 0 Å². The average Bonchev–Trinajstić information content (AvgIpc) is 2.62. The number of rotatable bonds is 7. The van der Waals surface area contributed by atoms with Crippen LogP contribution >= 0.6 is 11.6 Å². The lowest BCUT2D eigenvalue weighted by Gasteiger charge is -2.17. The van der Waals surface area contributed by atoms with Gasteiger partial charge in [0.15, 0.2) is 6.10 Å². The van der Waals surface area contributed by atoms with Crippen LogP contribution in [0.2, 0.25) is 5.02 Å². The molecule has 0 heterocycles. The maximum atomic E-state index is 12.5. The minimum atomic E-state index is -0.776. The zero-order valence-corrected chi connectivity index (χ0v) is 15.8. The van der Waals surface area contributed by atoms with Crippen LogP contribution in [0.4, 0.5) is 5.69 Å². The van der Waals surface area contributed by atoms with Crippen molar-refractivity contribution in [2.75, 3.05) is 11.9 Å². The van der Waals surface area contributed by atoms with Gasteiger partial charge in [-0.25, -0.2) is 0 Å². The van der Waals surface area contributed by atoms with Crippen molar-refractivity contribution in [1.29, 1.82) is 0 Å². The highest BCUT2D eigenvalue weighted by Crippen LogP contribution is 2.24. The number of carbonyl (C=O) groups is 2. The normalized spacial score (nSPS) is 11.7. The van der Waals surface area contributed by atoms with Gasteiger partial charge in [0.25, 0.3) is 11.8 Å². The lowest BCUT2D eigenvalue weighted by Crippen LogP contribution is -2.32. The van der Waals surface area contributed by atoms with Crippen LogP contribution in [-0.4, -0.2) is 24.5 Å². The third-order valence-electron chi connectivity index (χ3n) is 3.61. The summed E-state index contributed by atoms with van der Waals surface area (Å²) >= 11 is 6.05. The first-order valence-corrected chi connectivity index (χ1v) is 8.85. The van der Waals surface area contributed by atoms with E-state index in [9.17, 15) is 9.59 Å². The number of anilines is 1. The molecule has 2 N–H and O–H groups in total. The number of halogens is 1. The van der Waals surface area contributed by atoms with Gasteiger partial charge in [0, 0.05) is 6.54 Å². The van der Waals surface area contributed by atoms with Gasteiger partial charge in [0.2, 0.25) is 0 Å². The van der Waals surface area contributed by atoms with E-state index in [2.05, 4.69) is 10.6 Å². The van der Waals surface area contributed by atoms with E-state index in [1.165, 1.54) is 0 Å². The molecule has 26 heavy (non-hydrogen) atoms. The third-order valence-corrected chi connectivity index (χ3v) is 3.92. The molecule has 0 aliphatic rings. The molecule has 138 valence electrons. The second-order valence-corrected chi connectivity index (χ2v) is 6.74. The standard InChI is InChI=1S/C20H23ClN2O3/c1-13(2)12-22-20(25)15-8-4-6-10-17(15)23-19(24)14(3)26-18-11-7-5-9-16(18)21/h4-11,13-14H,12H2,1-3H3,(H,22,25)(H,23,24)/t14-/m0/s1. The summed E-state index contributed by atoms with van der Waals surface area (Å²) < 4.78 is 5.61. The summed E-state index contributed by atoms with van der Waals surface area (Å²) in [7, 11) is 0. The molecule has 0 radical (unpaired) electrons. The van der Waals surface area contributed by atoms with Gasteiger partial charge < -0.3 is 15.4 Å². The van der Waals surface area contributed by atoms with E-state index in [0.717, 1.165) is 0 Å². The van der Waals surface area contributed by atoms with Crippen molar-refractivity contribution in [1.82, 2.24) is 5.32 Å². The van der Waals surface area contributed by atoms with Gasteiger partial charge in [-0.15, -0.1) is 0 Å². The van der Waals surface area contributed by atoms with Crippen LogP contribution in [0.1, 0.15) is 31.1 Å². The second kappa shape index (κ2) is 9.25. The maximum absolute atomic E-state index is 12.5. The summed E-state index contributed by atoms with van der Waals surface area (Å²) in [5, 5.41) is 6.03. The van der Waals surface area contributed by atoms with Crippen molar-refractivity contribution in [2.45, 2.75) is 26.9 Å². The number of hydrogen-bond acceptors (Lipinski definition) is 3. The Morgan fingerprint density at radius 3 is 2.38 bits per heavy atom. The Morgan fingerprint density at radius 2 is 1.69 bits per heavy atom. The number of hydrogen-bond donors (Lipinski definition) is 2. The second-order valence-electron chi connectivity index (χ2n) is 6.33. The minimum Gasteiger partial charge on any atom is -0.479 e. The van der Waals surface area contributed by atoms with Crippen LogP contribution in [0.5, 0.6) is 5.75 Å². The zero-order chi connectivity index (χ0) is 19.1. The Bertz CT molecular complexity index is 777. The Hall–Kier alpha value is -2.53. The molecule has 5 nitrogen and oxygen atoms in total. The topological polar surface area (TPSA) is 67.4 Å². The predicted octanol–water partition coefficient (Wildman–Crippen LogP) is 4.13. The van der Waals surface area contributed by atoms with E-state index < -0.39 is 6.10 Å². The molecule has 0 saturated heterocycles. The molecule has 0 aromatic heterocycles. The van der Waals surface area contributed by atoms with E-state index in [1.807, 2.05) is 13.8 Å². The summed E-state index contributed by atoms with van der Waals surface area (Å²) in [4.78, 5) is 24.8. The summed E-state index contributed by atoms with van der Waals surface area (Å²) in [5.74, 6) is 0.174. The fourth-order valence-electron chi connectivity index (χ4n) is 2.20. The highest BCUT2D eigenvalue weighted by atomic mass is 35.5. The molecule has 0 bridgehead atoms. The molecule has 0 aliphatic heterocycles. The van der Waals surface area contributed by atoms with E-state index in [4.69, 9.17) is 16.3 Å². The van der Waals surface area contributed by atoms with Gasteiger partial charge in [0.05, 0.1) is 16.3 Å². The summed E-state index contributed by atoms with van der Waals surface area (Å²) in [6.07, 6.45) is -0.776. The lowest BCUT2D eigenvalue weighted by atomic mass is 10.1. The fourth-order valence-corrected chi connectivity index (χ4v) is 2.38. The largest absolute Gasteiger partial charge is 0.479 e. The first kappa shape index (κ1) is 19.8. The van der Waals surface area contributed by atoms with Gasteiger partial charge in [0.1, 0.15) is 5.75 Å². The Morgan fingerprint density at radius 1 is 1.04 bits per heavy atom. The molecular formula is C20H23ClN2O3. The van der Waals surface area contributed by atoms with Gasteiger partial charge >= 0.3 is 0 Å². The molecule has 2 aromatic rings. The van der Waals surface area contributed by atoms with Crippen LogP contribution in [-0.2, 0) is 4.79 Å². The van der Waals surface area contributed by atoms with Crippen molar-refractivity contribution in [3.8, 4) is 5.75 Å². The quantitative estimate of drug-likeness (QED) is 0.765. The van der Waals surface area contributed by atoms with Crippen LogP contribution < -0.4 is 15.4 Å². The first-order valence-electron chi connectivity index (χ1n) is 8.47. The minimum absolute atomic E-state index is 0.228. The van der Waals surface area contributed by atoms with E-state index >= 15 is 0 Å². The Kier molecular flexibility index (Phi) is 7.04. The zero-order valence-electron chi connectivity index (χ0n) is 15.1. The number of ether oxygens (including phenoxy) is 1. The average molecular weight is 375 g/mol. The summed E-state index contributed by atoms with van der Waals surface area (Å²) in [5.41, 5.74) is 0.847. The molecule has 0 fully saturated rings. The summed E-state index contributed by atoms with van der Waals surface area (Å²) in [6, 6.07) is 13.8. The molecule has 2 aromatic carbocycles. The van der Waals surface area contributed by atoms with Crippen LogP contribution in [0.25, 0.3) is 0 Å². The maximum Gasteiger partial charge on any atom is 0.265 e. The van der Waals surface area contributed by atoms with Crippen LogP contribution in [0, 0.1) is 5.92 Å². The molecule has 2 rings (SSSR count). The van der Waals surface area contributed by atoms with Gasteiger partial charge in [-0.3, -0.25) is 9.59 Å². The Labute approximate surface area is 158 Å². The number of benzene rings is 2. The number of nitrogens with one attached hydrogen (secondary N) is 2. The van der Waals surface area contributed by atoms with Crippen LogP contribution in [0.15, 0.2) is 48.5 Å². The fraction of sp³-hybridized carbons (Fsp3) is 0.300. The highest BCUT2D eigenvalue weighted by Gasteiger charge is 2.19. The molecule has 0 aliphatic carbocycles. The van der Waals surface area contributed by atoms with E-state index in [0.29, 0.717) is 34.5 Å². The molecule has 1 atom stereocenters. The van der Waals surface area contributed by atoms with Gasteiger partial charge in [-0.2, -0.15) is 0 Å². The highest BCUT2D eigenvalue weighted by molar-refractivity contribution is 6.32.